The first kappa shape index (κ1) is 13.5. The summed E-state index contributed by atoms with van der Waals surface area (Å²) in [5.74, 6) is -0.0216. The van der Waals surface area contributed by atoms with E-state index < -0.39 is 5.97 Å². The SMILES string of the molecule is CC(C1CCCC1)N1CCCc2c(C(=O)O)cccc21. The summed E-state index contributed by atoms with van der Waals surface area (Å²) in [6.07, 6.45) is 7.31. The van der Waals surface area contributed by atoms with Crippen LogP contribution in [0.15, 0.2) is 18.2 Å². The summed E-state index contributed by atoms with van der Waals surface area (Å²) in [4.78, 5) is 13.8. The third-order valence-electron chi connectivity index (χ3n) is 5.09. The van der Waals surface area contributed by atoms with Gasteiger partial charge in [-0.3, -0.25) is 0 Å². The molecule has 1 atom stereocenters. The summed E-state index contributed by atoms with van der Waals surface area (Å²) in [5.41, 5.74) is 2.69. The third kappa shape index (κ3) is 2.30. The van der Waals surface area contributed by atoms with E-state index >= 15 is 0 Å². The fourth-order valence-electron chi connectivity index (χ4n) is 3.97. The molecule has 0 radical (unpaired) electrons. The number of benzene rings is 1. The zero-order valence-corrected chi connectivity index (χ0v) is 12.1. The maximum Gasteiger partial charge on any atom is 0.336 e. The molecule has 3 rings (SSSR count). The lowest BCUT2D eigenvalue weighted by Crippen LogP contribution is -2.41. The Labute approximate surface area is 120 Å². The van der Waals surface area contributed by atoms with Crippen molar-refractivity contribution < 1.29 is 9.90 Å². The summed E-state index contributed by atoms with van der Waals surface area (Å²) in [7, 11) is 0. The van der Waals surface area contributed by atoms with Crippen LogP contribution in [0.4, 0.5) is 5.69 Å². The number of fused-ring (bicyclic) bond motifs is 1. The smallest absolute Gasteiger partial charge is 0.336 e. The Kier molecular flexibility index (Phi) is 3.68. The molecule has 1 unspecified atom stereocenters. The average molecular weight is 273 g/mol. The summed E-state index contributed by atoms with van der Waals surface area (Å²) in [5, 5.41) is 9.36. The number of aromatic carboxylic acids is 1. The maximum absolute atomic E-state index is 11.4. The molecule has 0 saturated heterocycles. The van der Waals surface area contributed by atoms with E-state index in [0.717, 1.165) is 36.6 Å². The van der Waals surface area contributed by atoms with Crippen LogP contribution in [0.3, 0.4) is 0 Å². The van der Waals surface area contributed by atoms with Crippen molar-refractivity contribution in [3.63, 3.8) is 0 Å². The molecule has 0 spiro atoms. The van der Waals surface area contributed by atoms with Crippen LogP contribution in [0.2, 0.25) is 0 Å². The van der Waals surface area contributed by atoms with E-state index in [1.807, 2.05) is 6.07 Å². The van der Waals surface area contributed by atoms with Gasteiger partial charge in [-0.1, -0.05) is 18.9 Å². The van der Waals surface area contributed by atoms with Crippen molar-refractivity contribution in [1.29, 1.82) is 0 Å². The Hall–Kier alpha value is -1.51. The Bertz CT molecular complexity index is 506. The molecule has 1 aliphatic heterocycles. The van der Waals surface area contributed by atoms with Crippen LogP contribution in [0, 0.1) is 5.92 Å². The predicted octanol–water partition coefficient (Wildman–Crippen LogP) is 3.72. The lowest BCUT2D eigenvalue weighted by atomic mass is 9.91. The molecule has 1 aromatic rings. The van der Waals surface area contributed by atoms with E-state index in [4.69, 9.17) is 0 Å². The van der Waals surface area contributed by atoms with Gasteiger partial charge in [-0.15, -0.1) is 0 Å². The largest absolute Gasteiger partial charge is 0.478 e. The molecule has 108 valence electrons. The summed E-state index contributed by atoms with van der Waals surface area (Å²) >= 11 is 0. The van der Waals surface area contributed by atoms with Crippen molar-refractivity contribution in [2.75, 3.05) is 11.4 Å². The molecule has 1 saturated carbocycles. The highest BCUT2D eigenvalue weighted by atomic mass is 16.4. The second-order valence-electron chi connectivity index (χ2n) is 6.19. The number of carbonyl (C=O) groups is 1. The van der Waals surface area contributed by atoms with Crippen molar-refractivity contribution in [1.82, 2.24) is 0 Å². The van der Waals surface area contributed by atoms with E-state index in [-0.39, 0.29) is 0 Å². The van der Waals surface area contributed by atoms with E-state index in [1.54, 1.807) is 6.07 Å². The molecule has 1 heterocycles. The Morgan fingerprint density at radius 3 is 2.75 bits per heavy atom. The minimum Gasteiger partial charge on any atom is -0.478 e. The maximum atomic E-state index is 11.4. The second kappa shape index (κ2) is 5.47. The Morgan fingerprint density at radius 2 is 2.05 bits per heavy atom. The number of hydrogen-bond acceptors (Lipinski definition) is 2. The summed E-state index contributed by atoms with van der Waals surface area (Å²) in [6.45, 7) is 3.38. The molecule has 1 aromatic carbocycles. The number of anilines is 1. The van der Waals surface area contributed by atoms with Crippen molar-refractivity contribution in [2.24, 2.45) is 5.92 Å². The van der Waals surface area contributed by atoms with Gasteiger partial charge in [-0.25, -0.2) is 4.79 Å². The fourth-order valence-corrected chi connectivity index (χ4v) is 3.97. The van der Waals surface area contributed by atoms with Crippen LogP contribution < -0.4 is 4.90 Å². The number of carboxylic acid groups (broad SMARTS) is 1. The van der Waals surface area contributed by atoms with Crippen LogP contribution in [-0.2, 0) is 6.42 Å². The van der Waals surface area contributed by atoms with Gasteiger partial charge in [-0.2, -0.15) is 0 Å². The highest BCUT2D eigenvalue weighted by Crippen LogP contribution is 2.37. The number of rotatable bonds is 3. The van der Waals surface area contributed by atoms with Gasteiger partial charge in [0, 0.05) is 18.3 Å². The van der Waals surface area contributed by atoms with Gasteiger partial charge in [0.25, 0.3) is 0 Å². The Balaban J connectivity index is 1.93. The van der Waals surface area contributed by atoms with Crippen molar-refractivity contribution in [3.8, 4) is 0 Å². The molecular weight excluding hydrogens is 250 g/mol. The van der Waals surface area contributed by atoms with Gasteiger partial charge >= 0.3 is 5.97 Å². The van der Waals surface area contributed by atoms with Crippen molar-refractivity contribution in [2.45, 2.75) is 51.5 Å². The van der Waals surface area contributed by atoms with Gasteiger partial charge in [0.15, 0.2) is 0 Å². The standard InChI is InChI=1S/C17H23NO2/c1-12(13-6-2-3-7-13)18-11-5-9-14-15(17(19)20)8-4-10-16(14)18/h4,8,10,12-13H,2-3,5-7,9,11H2,1H3,(H,19,20). The average Bonchev–Trinajstić information content (AvgIpc) is 2.99. The third-order valence-corrected chi connectivity index (χ3v) is 5.09. The quantitative estimate of drug-likeness (QED) is 0.912. The molecule has 0 aromatic heterocycles. The van der Waals surface area contributed by atoms with Crippen molar-refractivity contribution in [3.05, 3.63) is 29.3 Å². The monoisotopic (exact) mass is 273 g/mol. The van der Waals surface area contributed by atoms with Gasteiger partial charge in [-0.05, 0) is 56.2 Å². The van der Waals surface area contributed by atoms with Crippen LogP contribution in [-0.4, -0.2) is 23.7 Å². The number of hydrogen-bond donors (Lipinski definition) is 1. The fraction of sp³-hybridized carbons (Fsp3) is 0.588. The molecule has 20 heavy (non-hydrogen) atoms. The summed E-state index contributed by atoms with van der Waals surface area (Å²) < 4.78 is 0. The number of carboxylic acids is 1. The lowest BCUT2D eigenvalue weighted by molar-refractivity contribution is 0.0695. The normalized spacial score (nSPS) is 20.8. The number of nitrogens with zero attached hydrogens (tertiary/aromatic N) is 1. The van der Waals surface area contributed by atoms with Gasteiger partial charge in [0.1, 0.15) is 0 Å². The van der Waals surface area contributed by atoms with Gasteiger partial charge in [0.05, 0.1) is 5.56 Å². The zero-order chi connectivity index (χ0) is 14.1. The van der Waals surface area contributed by atoms with E-state index in [2.05, 4.69) is 17.9 Å². The molecule has 1 N–H and O–H groups in total. The van der Waals surface area contributed by atoms with Crippen LogP contribution >= 0.6 is 0 Å². The molecule has 0 bridgehead atoms. The minimum atomic E-state index is -0.794. The van der Waals surface area contributed by atoms with Crippen LogP contribution in [0.5, 0.6) is 0 Å². The van der Waals surface area contributed by atoms with Gasteiger partial charge < -0.3 is 10.0 Å². The van der Waals surface area contributed by atoms with E-state index in [0.29, 0.717) is 11.6 Å². The van der Waals surface area contributed by atoms with Crippen molar-refractivity contribution >= 4 is 11.7 Å². The van der Waals surface area contributed by atoms with E-state index in [1.165, 1.54) is 25.7 Å². The van der Waals surface area contributed by atoms with Crippen LogP contribution in [0.25, 0.3) is 0 Å². The molecule has 2 aliphatic rings. The first-order valence-electron chi connectivity index (χ1n) is 7.80. The van der Waals surface area contributed by atoms with Crippen LogP contribution in [0.1, 0.15) is 54.9 Å². The molecular formula is C17H23NO2. The van der Waals surface area contributed by atoms with Gasteiger partial charge in [0.2, 0.25) is 0 Å². The molecule has 3 nitrogen and oxygen atoms in total. The first-order chi connectivity index (χ1) is 9.68. The lowest BCUT2D eigenvalue weighted by Gasteiger charge is -2.39. The first-order valence-corrected chi connectivity index (χ1v) is 7.80. The topological polar surface area (TPSA) is 40.5 Å². The van der Waals surface area contributed by atoms with E-state index in [9.17, 15) is 9.90 Å². The molecule has 1 fully saturated rings. The summed E-state index contributed by atoms with van der Waals surface area (Å²) in [6, 6.07) is 6.26. The minimum absolute atomic E-state index is 0.492. The predicted molar refractivity (Wildman–Crippen MR) is 80.5 cm³/mol. The zero-order valence-electron chi connectivity index (χ0n) is 12.1. The highest BCUT2D eigenvalue weighted by molar-refractivity contribution is 5.91. The molecule has 0 amide bonds. The Morgan fingerprint density at radius 1 is 1.30 bits per heavy atom. The molecule has 1 aliphatic carbocycles. The highest BCUT2D eigenvalue weighted by Gasteiger charge is 2.30. The second-order valence-corrected chi connectivity index (χ2v) is 6.19. The molecule has 3 heteroatoms.